The van der Waals surface area contributed by atoms with Crippen molar-refractivity contribution in [3.8, 4) is 0 Å². The van der Waals surface area contributed by atoms with E-state index in [4.69, 9.17) is 5.73 Å². The van der Waals surface area contributed by atoms with E-state index in [-0.39, 0.29) is 17.3 Å². The van der Waals surface area contributed by atoms with Crippen LogP contribution < -0.4 is 17.0 Å². The van der Waals surface area contributed by atoms with Crippen molar-refractivity contribution in [1.29, 1.82) is 0 Å². The highest BCUT2D eigenvalue weighted by molar-refractivity contribution is 5.71. The van der Waals surface area contributed by atoms with Crippen LogP contribution in [0.1, 0.15) is 25.7 Å². The Kier molecular flexibility index (Phi) is 2.86. The van der Waals surface area contributed by atoms with Gasteiger partial charge < -0.3 is 10.3 Å². The van der Waals surface area contributed by atoms with Gasteiger partial charge in [-0.05, 0) is 13.8 Å². The second-order valence-corrected chi connectivity index (χ2v) is 4.38. The molecule has 0 amide bonds. The SMILES string of the molecule is CCn1c(=O)c2c(nc(C(C)N)n2C)n(C)c1=O. The molecule has 1 atom stereocenters. The number of aromatic nitrogens is 4. The summed E-state index contributed by atoms with van der Waals surface area (Å²) in [7, 11) is 3.34. The zero-order valence-corrected chi connectivity index (χ0v) is 11.0. The first-order valence-corrected chi connectivity index (χ1v) is 5.81. The predicted molar refractivity (Wildman–Crippen MR) is 68.5 cm³/mol. The Morgan fingerprint density at radius 3 is 2.39 bits per heavy atom. The van der Waals surface area contributed by atoms with Crippen LogP contribution in [0.2, 0.25) is 0 Å². The summed E-state index contributed by atoms with van der Waals surface area (Å²) in [5.74, 6) is 0.589. The standard InChI is InChI=1S/C11H17N5O2/c1-5-16-10(17)7-9(15(4)11(16)18)13-8(6(2)12)14(7)3/h6H,5,12H2,1-4H3. The molecule has 2 heterocycles. The quantitative estimate of drug-likeness (QED) is 0.777. The summed E-state index contributed by atoms with van der Waals surface area (Å²) in [5.41, 5.74) is 5.92. The molecular formula is C11H17N5O2. The number of nitrogens with two attached hydrogens (primary N) is 1. The average molecular weight is 251 g/mol. The Bertz CT molecular complexity index is 720. The molecule has 7 heteroatoms. The highest BCUT2D eigenvalue weighted by Gasteiger charge is 2.18. The lowest BCUT2D eigenvalue weighted by molar-refractivity contribution is 0.635. The van der Waals surface area contributed by atoms with Gasteiger partial charge in [0.25, 0.3) is 5.56 Å². The van der Waals surface area contributed by atoms with Crippen molar-refractivity contribution in [1.82, 2.24) is 18.7 Å². The van der Waals surface area contributed by atoms with E-state index >= 15 is 0 Å². The molecule has 98 valence electrons. The average Bonchev–Trinajstić information content (AvgIpc) is 2.65. The summed E-state index contributed by atoms with van der Waals surface area (Å²) in [6, 6.07) is -0.299. The third kappa shape index (κ3) is 1.51. The molecule has 0 spiro atoms. The fourth-order valence-corrected chi connectivity index (χ4v) is 2.15. The highest BCUT2D eigenvalue weighted by Crippen LogP contribution is 2.13. The van der Waals surface area contributed by atoms with Crippen molar-refractivity contribution in [2.75, 3.05) is 0 Å². The van der Waals surface area contributed by atoms with Crippen LogP contribution >= 0.6 is 0 Å². The lowest BCUT2D eigenvalue weighted by atomic mass is 10.3. The Morgan fingerprint density at radius 2 is 1.89 bits per heavy atom. The predicted octanol–water partition coefficient (Wildman–Crippen LogP) is -0.527. The van der Waals surface area contributed by atoms with Crippen LogP contribution in [0.15, 0.2) is 9.59 Å². The molecule has 0 aliphatic carbocycles. The Hall–Kier alpha value is -1.89. The van der Waals surface area contributed by atoms with E-state index in [1.54, 1.807) is 32.5 Å². The van der Waals surface area contributed by atoms with Gasteiger partial charge >= 0.3 is 5.69 Å². The van der Waals surface area contributed by atoms with E-state index < -0.39 is 0 Å². The normalized spacial score (nSPS) is 13.2. The zero-order chi connectivity index (χ0) is 13.6. The summed E-state index contributed by atoms with van der Waals surface area (Å²) in [5, 5.41) is 0. The number of fused-ring (bicyclic) bond motifs is 1. The zero-order valence-electron chi connectivity index (χ0n) is 11.0. The molecule has 0 fully saturated rings. The summed E-state index contributed by atoms with van der Waals surface area (Å²) >= 11 is 0. The lowest BCUT2D eigenvalue weighted by Crippen LogP contribution is -2.39. The van der Waals surface area contributed by atoms with Crippen LogP contribution in [0.25, 0.3) is 11.2 Å². The summed E-state index contributed by atoms with van der Waals surface area (Å²) < 4.78 is 4.23. The fraction of sp³-hybridized carbons (Fsp3) is 0.545. The Balaban J connectivity index is 3.05. The van der Waals surface area contributed by atoms with Gasteiger partial charge in [-0.2, -0.15) is 0 Å². The van der Waals surface area contributed by atoms with Crippen molar-refractivity contribution in [3.05, 3.63) is 26.7 Å². The molecule has 0 bridgehead atoms. The molecule has 0 saturated heterocycles. The van der Waals surface area contributed by atoms with E-state index in [1.165, 1.54) is 9.13 Å². The van der Waals surface area contributed by atoms with Crippen LogP contribution in [0, 0.1) is 0 Å². The second-order valence-electron chi connectivity index (χ2n) is 4.38. The van der Waals surface area contributed by atoms with E-state index in [0.717, 1.165) is 0 Å². The van der Waals surface area contributed by atoms with Crippen molar-refractivity contribution in [2.45, 2.75) is 26.4 Å². The monoisotopic (exact) mass is 251 g/mol. The Labute approximate surface area is 103 Å². The smallest absolute Gasteiger partial charge is 0.324 e. The van der Waals surface area contributed by atoms with E-state index in [1.807, 2.05) is 0 Å². The number of imidazole rings is 1. The largest absolute Gasteiger partial charge is 0.332 e. The first-order valence-electron chi connectivity index (χ1n) is 5.81. The third-order valence-electron chi connectivity index (χ3n) is 3.12. The fourth-order valence-electron chi connectivity index (χ4n) is 2.15. The number of hydrogen-bond donors (Lipinski definition) is 1. The first-order chi connectivity index (χ1) is 8.40. The maximum atomic E-state index is 12.2. The molecule has 18 heavy (non-hydrogen) atoms. The van der Waals surface area contributed by atoms with Gasteiger partial charge in [-0.15, -0.1) is 0 Å². The van der Waals surface area contributed by atoms with Crippen LogP contribution in [-0.4, -0.2) is 18.7 Å². The van der Waals surface area contributed by atoms with Crippen LogP contribution in [-0.2, 0) is 20.6 Å². The molecule has 7 nitrogen and oxygen atoms in total. The van der Waals surface area contributed by atoms with E-state index in [0.29, 0.717) is 23.5 Å². The maximum Gasteiger partial charge on any atom is 0.332 e. The minimum absolute atomic E-state index is 0.299. The van der Waals surface area contributed by atoms with Gasteiger partial charge in [-0.25, -0.2) is 9.78 Å². The Morgan fingerprint density at radius 1 is 1.28 bits per heavy atom. The lowest BCUT2D eigenvalue weighted by Gasteiger charge is -2.06. The molecule has 0 aliphatic heterocycles. The molecule has 2 aromatic heterocycles. The summed E-state index contributed by atoms with van der Waals surface area (Å²) in [6.07, 6.45) is 0. The molecule has 0 radical (unpaired) electrons. The minimum Gasteiger partial charge on any atom is -0.324 e. The number of rotatable bonds is 2. The van der Waals surface area contributed by atoms with Gasteiger partial charge in [0.15, 0.2) is 11.2 Å². The van der Waals surface area contributed by atoms with Gasteiger partial charge in [0.2, 0.25) is 0 Å². The van der Waals surface area contributed by atoms with Gasteiger partial charge in [0, 0.05) is 20.6 Å². The molecule has 2 rings (SSSR count). The third-order valence-corrected chi connectivity index (χ3v) is 3.12. The second kappa shape index (κ2) is 4.09. The van der Waals surface area contributed by atoms with E-state index in [9.17, 15) is 9.59 Å². The van der Waals surface area contributed by atoms with Gasteiger partial charge in [0.05, 0.1) is 6.04 Å². The molecule has 1 unspecified atom stereocenters. The molecule has 0 aromatic carbocycles. The molecule has 2 N–H and O–H groups in total. The van der Waals surface area contributed by atoms with Crippen molar-refractivity contribution >= 4 is 11.2 Å². The molecule has 0 saturated carbocycles. The number of hydrogen-bond acceptors (Lipinski definition) is 4. The number of aryl methyl sites for hydroxylation is 2. The van der Waals surface area contributed by atoms with Crippen LogP contribution in [0.4, 0.5) is 0 Å². The minimum atomic E-state index is -0.357. The van der Waals surface area contributed by atoms with Crippen molar-refractivity contribution in [3.63, 3.8) is 0 Å². The van der Waals surface area contributed by atoms with Crippen LogP contribution in [0.5, 0.6) is 0 Å². The van der Waals surface area contributed by atoms with Crippen molar-refractivity contribution < 1.29 is 0 Å². The first kappa shape index (κ1) is 12.6. The highest BCUT2D eigenvalue weighted by atomic mass is 16.2. The summed E-state index contributed by atoms with van der Waals surface area (Å²) in [4.78, 5) is 28.5. The van der Waals surface area contributed by atoms with Gasteiger partial charge in [-0.1, -0.05) is 0 Å². The van der Waals surface area contributed by atoms with E-state index in [2.05, 4.69) is 4.98 Å². The van der Waals surface area contributed by atoms with Crippen LogP contribution in [0.3, 0.4) is 0 Å². The van der Waals surface area contributed by atoms with Gasteiger partial charge in [0.1, 0.15) is 5.82 Å². The van der Waals surface area contributed by atoms with Crippen molar-refractivity contribution in [2.24, 2.45) is 19.8 Å². The molecule has 0 aliphatic rings. The molecule has 2 aromatic rings. The van der Waals surface area contributed by atoms with Gasteiger partial charge in [-0.3, -0.25) is 13.9 Å². The topological polar surface area (TPSA) is 87.8 Å². The maximum absolute atomic E-state index is 12.2. The number of nitrogens with zero attached hydrogens (tertiary/aromatic N) is 4. The summed E-state index contributed by atoms with van der Waals surface area (Å²) in [6.45, 7) is 3.88. The molecular weight excluding hydrogens is 234 g/mol.